The second-order valence-electron chi connectivity index (χ2n) is 8.43. The number of rotatable bonds is 5. The number of benzene rings is 1. The van der Waals surface area contributed by atoms with Gasteiger partial charge in [0.05, 0.1) is 22.0 Å². The van der Waals surface area contributed by atoms with Crippen molar-refractivity contribution >= 4 is 40.5 Å². The number of hydrogen-bond donors (Lipinski definition) is 1. The van der Waals surface area contributed by atoms with Crippen molar-refractivity contribution in [3.8, 4) is 0 Å². The van der Waals surface area contributed by atoms with E-state index >= 15 is 0 Å². The third-order valence-electron chi connectivity index (χ3n) is 5.96. The molecule has 0 fully saturated rings. The van der Waals surface area contributed by atoms with Crippen molar-refractivity contribution in [2.24, 2.45) is 4.99 Å². The maximum absolute atomic E-state index is 13.2. The first-order valence-corrected chi connectivity index (χ1v) is 11.1. The molecule has 35 heavy (non-hydrogen) atoms. The number of ketones is 1. The number of hydrogen-bond acceptors (Lipinski definition) is 7. The Labute approximate surface area is 201 Å². The summed E-state index contributed by atoms with van der Waals surface area (Å²) in [6, 6.07) is 3.83. The molecular weight excluding hydrogens is 487 g/mol. The van der Waals surface area contributed by atoms with Gasteiger partial charge in [-0.3, -0.25) is 14.6 Å². The van der Waals surface area contributed by atoms with Crippen molar-refractivity contribution in [3.05, 3.63) is 63.4 Å². The smallest absolute Gasteiger partial charge is 0.360 e. The number of fused-ring (bicyclic) bond motifs is 2. The van der Waals surface area contributed by atoms with Gasteiger partial charge in [-0.2, -0.15) is 13.2 Å². The van der Waals surface area contributed by atoms with Crippen molar-refractivity contribution in [1.29, 1.82) is 0 Å². The highest BCUT2D eigenvalue weighted by molar-refractivity contribution is 6.31. The van der Waals surface area contributed by atoms with Gasteiger partial charge in [0.1, 0.15) is 29.3 Å². The van der Waals surface area contributed by atoms with E-state index in [2.05, 4.69) is 25.4 Å². The van der Waals surface area contributed by atoms with Crippen LogP contribution >= 0.6 is 11.6 Å². The van der Waals surface area contributed by atoms with E-state index in [1.165, 1.54) is 12.4 Å². The lowest BCUT2D eigenvalue weighted by atomic mass is 9.95. The summed E-state index contributed by atoms with van der Waals surface area (Å²) in [5.74, 6) is 0.0264. The lowest BCUT2D eigenvalue weighted by molar-refractivity contribution is -0.137. The van der Waals surface area contributed by atoms with Gasteiger partial charge >= 0.3 is 6.18 Å². The Morgan fingerprint density at radius 2 is 2.03 bits per heavy atom. The Balaban J connectivity index is 1.31. The molecule has 4 heterocycles. The molecule has 3 aromatic rings. The van der Waals surface area contributed by atoms with Crippen LogP contribution in [0.25, 0.3) is 0 Å². The molecule has 0 bridgehead atoms. The largest absolute Gasteiger partial charge is 0.417 e. The Morgan fingerprint density at radius 1 is 1.23 bits per heavy atom. The minimum Gasteiger partial charge on any atom is -0.360 e. The van der Waals surface area contributed by atoms with Crippen molar-refractivity contribution in [3.63, 3.8) is 0 Å². The molecule has 0 saturated heterocycles. The summed E-state index contributed by atoms with van der Waals surface area (Å²) in [7, 11) is 0. The fourth-order valence-electron chi connectivity index (χ4n) is 4.15. The molecule has 0 radical (unpaired) electrons. The number of nitrogens with zero attached hydrogens (tertiary/aromatic N) is 4. The molecule has 1 aromatic carbocycles. The zero-order valence-electron chi connectivity index (χ0n) is 18.2. The predicted molar refractivity (Wildman–Crippen MR) is 119 cm³/mol. The average molecular weight is 504 g/mol. The molecule has 2 aromatic heterocycles. The summed E-state index contributed by atoms with van der Waals surface area (Å²) in [5.41, 5.74) is 1.53. The van der Waals surface area contributed by atoms with E-state index < -0.39 is 16.8 Å². The van der Waals surface area contributed by atoms with Gasteiger partial charge in [0.15, 0.2) is 5.78 Å². The number of Topliss-reactive ketones (excluding diaryl/α,β-unsaturated/α-hetero) is 1. The predicted octanol–water partition coefficient (Wildman–Crippen LogP) is 5.07. The Morgan fingerprint density at radius 3 is 2.80 bits per heavy atom. The molecule has 1 amide bonds. The van der Waals surface area contributed by atoms with Gasteiger partial charge in [-0.25, -0.2) is 9.97 Å². The van der Waals surface area contributed by atoms with Crippen LogP contribution in [0.1, 0.15) is 64.3 Å². The number of carbonyl (C=O) groups is 2. The molecule has 0 unspecified atom stereocenters. The lowest BCUT2D eigenvalue weighted by Crippen LogP contribution is -2.23. The normalized spacial score (nSPS) is 15.8. The minimum absolute atomic E-state index is 0.0727. The molecule has 0 aliphatic carbocycles. The number of aliphatic imine (C=N–C) groups is 1. The number of amides is 1. The first-order valence-electron chi connectivity index (χ1n) is 10.7. The Kier molecular flexibility index (Phi) is 5.66. The van der Waals surface area contributed by atoms with Crippen LogP contribution < -0.4 is 5.32 Å². The van der Waals surface area contributed by atoms with E-state index in [1.54, 1.807) is 13.0 Å². The summed E-state index contributed by atoms with van der Waals surface area (Å²) in [5, 5.41) is 6.24. The van der Waals surface area contributed by atoms with Gasteiger partial charge in [0.2, 0.25) is 5.91 Å². The molecule has 1 atom stereocenters. The van der Waals surface area contributed by atoms with Crippen LogP contribution in [0, 0.1) is 0 Å². The van der Waals surface area contributed by atoms with Gasteiger partial charge in [0.25, 0.3) is 0 Å². The van der Waals surface area contributed by atoms with E-state index in [4.69, 9.17) is 16.1 Å². The first kappa shape index (κ1) is 23.2. The van der Waals surface area contributed by atoms with Gasteiger partial charge in [-0.1, -0.05) is 23.7 Å². The third kappa shape index (κ3) is 4.43. The van der Waals surface area contributed by atoms with E-state index in [0.717, 1.165) is 6.07 Å². The van der Waals surface area contributed by atoms with Crippen LogP contribution in [0.15, 0.2) is 34.0 Å². The highest BCUT2D eigenvalue weighted by Crippen LogP contribution is 2.41. The highest BCUT2D eigenvalue weighted by Gasteiger charge is 2.35. The van der Waals surface area contributed by atoms with Crippen molar-refractivity contribution in [1.82, 2.24) is 15.1 Å². The number of anilines is 1. The zero-order valence-corrected chi connectivity index (χ0v) is 19.0. The summed E-state index contributed by atoms with van der Waals surface area (Å²) in [4.78, 5) is 37.0. The van der Waals surface area contributed by atoms with Crippen LogP contribution in [0.3, 0.4) is 0 Å². The molecule has 1 N–H and O–H groups in total. The average Bonchev–Trinajstić information content (AvgIpc) is 3.44. The topological polar surface area (TPSA) is 110 Å². The number of alkyl halides is 3. The molecule has 2 aliphatic rings. The van der Waals surface area contributed by atoms with E-state index in [9.17, 15) is 22.8 Å². The van der Waals surface area contributed by atoms with Gasteiger partial charge in [-0.05, 0) is 24.1 Å². The number of nitrogens with one attached hydrogen (secondary N) is 1. The van der Waals surface area contributed by atoms with Crippen molar-refractivity contribution in [2.45, 2.75) is 44.7 Å². The van der Waals surface area contributed by atoms with E-state index in [0.29, 0.717) is 46.2 Å². The number of halogens is 4. The molecule has 2 aliphatic heterocycles. The third-order valence-corrected chi connectivity index (χ3v) is 6.27. The number of carbonyl (C=O) groups excluding carboxylic acids is 2. The van der Waals surface area contributed by atoms with Gasteiger partial charge < -0.3 is 9.84 Å². The molecule has 180 valence electrons. The molecule has 0 saturated carbocycles. The zero-order chi connectivity index (χ0) is 24.9. The van der Waals surface area contributed by atoms with Gasteiger partial charge in [0, 0.05) is 36.8 Å². The Hall–Kier alpha value is -3.60. The van der Waals surface area contributed by atoms with Crippen molar-refractivity contribution in [2.75, 3.05) is 5.32 Å². The Bertz CT molecular complexity index is 1400. The fraction of sp³-hybridized carbons (Fsp3) is 0.304. The summed E-state index contributed by atoms with van der Waals surface area (Å²) >= 11 is 5.80. The highest BCUT2D eigenvalue weighted by atomic mass is 35.5. The van der Waals surface area contributed by atoms with Crippen LogP contribution in [-0.4, -0.2) is 32.5 Å². The summed E-state index contributed by atoms with van der Waals surface area (Å²) in [6.07, 6.45) is -2.48. The molecule has 12 heteroatoms. The number of aromatic nitrogens is 3. The van der Waals surface area contributed by atoms with E-state index in [-0.39, 0.29) is 42.6 Å². The summed E-state index contributed by atoms with van der Waals surface area (Å²) < 4.78 is 44.9. The maximum atomic E-state index is 13.2. The van der Waals surface area contributed by atoms with Crippen LogP contribution in [0.4, 0.5) is 24.7 Å². The van der Waals surface area contributed by atoms with Crippen LogP contribution in [0.2, 0.25) is 5.02 Å². The maximum Gasteiger partial charge on any atom is 0.417 e. The molecule has 8 nitrogen and oxygen atoms in total. The summed E-state index contributed by atoms with van der Waals surface area (Å²) in [6.45, 7) is 1.79. The van der Waals surface area contributed by atoms with Crippen LogP contribution in [0.5, 0.6) is 0 Å². The quantitative estimate of drug-likeness (QED) is 0.486. The second kappa shape index (κ2) is 8.56. The molecule has 5 rings (SSSR count). The minimum atomic E-state index is -4.56. The van der Waals surface area contributed by atoms with E-state index in [1.807, 2.05) is 0 Å². The monoisotopic (exact) mass is 503 g/mol. The SMILES string of the molecule is C[C@@H](CC(=O)c1ncnc2c1CCC(=O)N2)c1cc(C2=Nc3cc(Cl)c(C(F)(F)F)cc3C2)no1. The standard InChI is InChI=1S/C23H17ClF3N5O3/c1-10(4-18(33)21-12-2-3-20(34)31-22(12)29-9-28-21)19-8-17(32-35-19)16-6-11-5-13(23(25,26)27)14(24)7-15(11)30-16/h5,7-10H,2-4,6H2,1H3,(H,28,29,31,34)/t10-/m0/s1. The van der Waals surface area contributed by atoms with Gasteiger partial charge in [-0.15, -0.1) is 0 Å². The lowest BCUT2D eigenvalue weighted by Gasteiger charge is -2.17. The second-order valence-corrected chi connectivity index (χ2v) is 8.84. The molecule has 0 spiro atoms. The molecular formula is C23H17ClF3N5O3. The van der Waals surface area contributed by atoms with Crippen molar-refractivity contribution < 1.29 is 27.3 Å². The first-order chi connectivity index (χ1) is 16.6. The fourth-order valence-corrected chi connectivity index (χ4v) is 4.41. The van der Waals surface area contributed by atoms with Crippen LogP contribution in [-0.2, 0) is 23.8 Å².